The first-order valence-corrected chi connectivity index (χ1v) is 5.37. The third kappa shape index (κ3) is 3.79. The van der Waals surface area contributed by atoms with Gasteiger partial charge in [0, 0.05) is 13.1 Å². The number of carbonyl (C=O) groups is 1. The Kier molecular flexibility index (Phi) is 5.22. The van der Waals surface area contributed by atoms with Crippen molar-refractivity contribution >= 4 is 23.2 Å². The van der Waals surface area contributed by atoms with Crippen LogP contribution >= 0.6 is 11.6 Å². The highest BCUT2D eigenvalue weighted by Gasteiger charge is 2.20. The molecule has 0 radical (unpaired) electrons. The molecular weight excluding hydrogens is 260 g/mol. The number of amides is 1. The van der Waals surface area contributed by atoms with E-state index in [-0.39, 0.29) is 22.9 Å². The molecule has 0 atom stereocenters. The Morgan fingerprint density at radius 2 is 2.33 bits per heavy atom. The number of hydrogen-bond acceptors (Lipinski definition) is 5. The minimum absolute atomic E-state index is 0.0169. The Morgan fingerprint density at radius 1 is 1.61 bits per heavy atom. The van der Waals surface area contributed by atoms with Crippen molar-refractivity contribution in [2.45, 2.75) is 0 Å². The van der Waals surface area contributed by atoms with Crippen LogP contribution in [0.25, 0.3) is 0 Å². The van der Waals surface area contributed by atoms with Crippen molar-refractivity contribution in [3.63, 3.8) is 0 Å². The Hall–Kier alpha value is -1.99. The van der Waals surface area contributed by atoms with Gasteiger partial charge in [0.1, 0.15) is 16.9 Å². The van der Waals surface area contributed by atoms with E-state index in [1.54, 1.807) is 12.2 Å². The Morgan fingerprint density at radius 3 is 2.94 bits per heavy atom. The molecular formula is C10H11ClN4O3. The first-order chi connectivity index (χ1) is 8.56. The van der Waals surface area contributed by atoms with Crippen LogP contribution in [-0.4, -0.2) is 28.9 Å². The van der Waals surface area contributed by atoms with Crippen LogP contribution in [0, 0.1) is 10.1 Å². The number of hydrogen-bond donors (Lipinski definition) is 2. The van der Waals surface area contributed by atoms with Gasteiger partial charge in [0.25, 0.3) is 11.6 Å². The molecule has 18 heavy (non-hydrogen) atoms. The molecule has 0 aliphatic heterocycles. The molecule has 0 aromatic carbocycles. The van der Waals surface area contributed by atoms with Gasteiger partial charge in [0.15, 0.2) is 0 Å². The van der Waals surface area contributed by atoms with Gasteiger partial charge in [0.05, 0.1) is 4.92 Å². The van der Waals surface area contributed by atoms with Gasteiger partial charge in [0.2, 0.25) is 0 Å². The van der Waals surface area contributed by atoms with Gasteiger partial charge in [-0.25, -0.2) is 4.98 Å². The highest BCUT2D eigenvalue weighted by atomic mass is 35.5. The highest BCUT2D eigenvalue weighted by Crippen LogP contribution is 2.19. The monoisotopic (exact) mass is 270 g/mol. The van der Waals surface area contributed by atoms with Crippen LogP contribution in [0.1, 0.15) is 10.4 Å². The minimum atomic E-state index is -0.687. The zero-order chi connectivity index (χ0) is 13.5. The van der Waals surface area contributed by atoms with Gasteiger partial charge in [-0.15, -0.1) is 0 Å². The topological polar surface area (TPSA) is 111 Å². The van der Waals surface area contributed by atoms with Crippen LogP contribution in [0.2, 0.25) is 5.15 Å². The Bertz CT molecular complexity index is 490. The van der Waals surface area contributed by atoms with E-state index in [1.807, 2.05) is 0 Å². The zero-order valence-electron chi connectivity index (χ0n) is 9.30. The van der Waals surface area contributed by atoms with Crippen molar-refractivity contribution in [1.29, 1.82) is 0 Å². The predicted molar refractivity (Wildman–Crippen MR) is 66.4 cm³/mol. The average molecular weight is 271 g/mol. The van der Waals surface area contributed by atoms with Crippen LogP contribution in [-0.2, 0) is 0 Å². The molecule has 1 rings (SSSR count). The van der Waals surface area contributed by atoms with Crippen LogP contribution in [0.5, 0.6) is 0 Å². The Balaban J connectivity index is 2.87. The van der Waals surface area contributed by atoms with Gasteiger partial charge >= 0.3 is 0 Å². The average Bonchev–Trinajstić information content (AvgIpc) is 2.34. The summed E-state index contributed by atoms with van der Waals surface area (Å²) in [5.41, 5.74) is 4.71. The molecule has 8 heteroatoms. The summed E-state index contributed by atoms with van der Waals surface area (Å²) in [6.07, 6.45) is 4.26. The normalized spacial score (nSPS) is 10.6. The molecule has 1 aromatic heterocycles. The van der Waals surface area contributed by atoms with Crippen molar-refractivity contribution < 1.29 is 9.72 Å². The number of halogens is 1. The molecule has 96 valence electrons. The number of nitrogens with zero attached hydrogens (tertiary/aromatic N) is 2. The summed E-state index contributed by atoms with van der Waals surface area (Å²) in [5.74, 6) is -0.590. The smallest absolute Gasteiger partial charge is 0.300 e. The largest absolute Gasteiger partial charge is 0.348 e. The quantitative estimate of drug-likeness (QED) is 0.357. The summed E-state index contributed by atoms with van der Waals surface area (Å²) >= 11 is 5.61. The molecule has 0 unspecified atom stereocenters. The van der Waals surface area contributed by atoms with E-state index in [0.29, 0.717) is 6.54 Å². The maximum atomic E-state index is 11.7. The number of nitro groups is 1. The molecule has 1 amide bonds. The second-order valence-electron chi connectivity index (χ2n) is 3.20. The minimum Gasteiger partial charge on any atom is -0.348 e. The SMILES string of the molecule is NC/C=C/CNC(=O)c1cc(Cl)ncc1[N+](=O)[O-]. The van der Waals surface area contributed by atoms with Crippen LogP contribution < -0.4 is 11.1 Å². The van der Waals surface area contributed by atoms with Crippen LogP contribution in [0.15, 0.2) is 24.4 Å². The maximum absolute atomic E-state index is 11.7. The molecule has 1 heterocycles. The molecule has 3 N–H and O–H groups in total. The lowest BCUT2D eigenvalue weighted by atomic mass is 10.2. The van der Waals surface area contributed by atoms with Crippen molar-refractivity contribution in [3.05, 3.63) is 45.2 Å². The number of nitrogens with one attached hydrogen (secondary N) is 1. The zero-order valence-corrected chi connectivity index (χ0v) is 10.1. The van der Waals surface area contributed by atoms with E-state index in [1.165, 1.54) is 0 Å². The first-order valence-electron chi connectivity index (χ1n) is 4.99. The third-order valence-electron chi connectivity index (χ3n) is 1.97. The van der Waals surface area contributed by atoms with Gasteiger partial charge < -0.3 is 11.1 Å². The van der Waals surface area contributed by atoms with Gasteiger partial charge in [-0.2, -0.15) is 0 Å². The lowest BCUT2D eigenvalue weighted by Crippen LogP contribution is -2.24. The second kappa shape index (κ2) is 6.67. The van der Waals surface area contributed by atoms with E-state index in [0.717, 1.165) is 12.3 Å². The van der Waals surface area contributed by atoms with Crippen LogP contribution in [0.3, 0.4) is 0 Å². The lowest BCUT2D eigenvalue weighted by molar-refractivity contribution is -0.385. The van der Waals surface area contributed by atoms with Crippen molar-refractivity contribution in [2.75, 3.05) is 13.1 Å². The highest BCUT2D eigenvalue weighted by molar-refractivity contribution is 6.29. The first kappa shape index (κ1) is 14.1. The summed E-state index contributed by atoms with van der Waals surface area (Å²) < 4.78 is 0. The summed E-state index contributed by atoms with van der Waals surface area (Å²) in [7, 11) is 0. The fraction of sp³-hybridized carbons (Fsp3) is 0.200. The fourth-order valence-corrected chi connectivity index (χ4v) is 1.33. The summed E-state index contributed by atoms with van der Waals surface area (Å²) in [4.78, 5) is 25.3. The number of pyridine rings is 1. The Labute approximate surface area is 108 Å². The second-order valence-corrected chi connectivity index (χ2v) is 3.59. The molecule has 7 nitrogen and oxygen atoms in total. The number of aromatic nitrogens is 1. The number of carbonyl (C=O) groups excluding carboxylic acids is 1. The molecule has 0 bridgehead atoms. The molecule has 0 spiro atoms. The van der Waals surface area contributed by atoms with Crippen molar-refractivity contribution in [2.24, 2.45) is 5.73 Å². The molecule has 0 aliphatic carbocycles. The molecule has 0 saturated heterocycles. The molecule has 0 saturated carbocycles. The van der Waals surface area contributed by atoms with E-state index in [2.05, 4.69) is 10.3 Å². The van der Waals surface area contributed by atoms with Crippen LogP contribution in [0.4, 0.5) is 5.69 Å². The van der Waals surface area contributed by atoms with E-state index in [4.69, 9.17) is 17.3 Å². The molecule has 0 aliphatic rings. The van der Waals surface area contributed by atoms with E-state index >= 15 is 0 Å². The predicted octanol–water partition coefficient (Wildman–Crippen LogP) is 0.888. The van der Waals surface area contributed by atoms with Crippen molar-refractivity contribution in [3.8, 4) is 0 Å². The van der Waals surface area contributed by atoms with Gasteiger partial charge in [-0.1, -0.05) is 23.8 Å². The lowest BCUT2D eigenvalue weighted by Gasteiger charge is -2.03. The van der Waals surface area contributed by atoms with Gasteiger partial charge in [-0.05, 0) is 6.07 Å². The summed E-state index contributed by atoms with van der Waals surface area (Å²) in [5, 5.41) is 13.2. The number of rotatable bonds is 5. The molecule has 0 fully saturated rings. The maximum Gasteiger partial charge on any atom is 0.300 e. The third-order valence-corrected chi connectivity index (χ3v) is 2.18. The standard InChI is InChI=1S/C10H11ClN4O3/c11-9-5-7(8(6-14-9)15(17)18)10(16)13-4-2-1-3-12/h1-2,5-6H,3-4,12H2,(H,13,16)/b2-1+. The number of nitrogens with two attached hydrogens (primary N) is 1. The fourth-order valence-electron chi connectivity index (χ4n) is 1.18. The molecule has 1 aromatic rings. The summed E-state index contributed by atoms with van der Waals surface area (Å²) in [6.45, 7) is 0.588. The van der Waals surface area contributed by atoms with Crippen molar-refractivity contribution in [1.82, 2.24) is 10.3 Å². The van der Waals surface area contributed by atoms with Gasteiger partial charge in [-0.3, -0.25) is 14.9 Å². The van der Waals surface area contributed by atoms with E-state index < -0.39 is 10.8 Å². The van der Waals surface area contributed by atoms with E-state index in [9.17, 15) is 14.9 Å². The summed E-state index contributed by atoms with van der Waals surface area (Å²) in [6, 6.07) is 1.15.